The van der Waals surface area contributed by atoms with Gasteiger partial charge < -0.3 is 19.3 Å². The summed E-state index contributed by atoms with van der Waals surface area (Å²) in [6.45, 7) is 6.80. The zero-order chi connectivity index (χ0) is 24.3. The summed E-state index contributed by atoms with van der Waals surface area (Å²) in [5, 5.41) is 11.7. The molecule has 1 aliphatic carbocycles. The van der Waals surface area contributed by atoms with Crippen LogP contribution in [0.2, 0.25) is 0 Å². The number of aliphatic hydroxyl groups is 1. The molecule has 186 valence electrons. The molecular weight excluding hydrogens is 446 g/mol. The molecule has 0 radical (unpaired) electrons. The summed E-state index contributed by atoms with van der Waals surface area (Å²) in [5.41, 5.74) is 6.37. The van der Waals surface area contributed by atoms with E-state index in [-0.39, 0.29) is 6.10 Å². The van der Waals surface area contributed by atoms with E-state index in [1.165, 1.54) is 33.4 Å². The van der Waals surface area contributed by atoms with E-state index in [9.17, 15) is 5.11 Å². The van der Waals surface area contributed by atoms with Crippen molar-refractivity contribution < 1.29 is 9.84 Å². The van der Waals surface area contributed by atoms with Crippen molar-refractivity contribution in [3.8, 4) is 5.75 Å². The molecular formula is C31H35N3O2. The molecule has 1 atom stereocenters. The smallest absolute Gasteiger partial charge is 0.144 e. The third kappa shape index (κ3) is 4.73. The average molecular weight is 482 g/mol. The number of fused-ring (bicyclic) bond motifs is 3. The van der Waals surface area contributed by atoms with Gasteiger partial charge in [0.2, 0.25) is 0 Å². The minimum Gasteiger partial charge on any atom is -0.487 e. The van der Waals surface area contributed by atoms with Crippen molar-refractivity contribution >= 4 is 16.6 Å². The fourth-order valence-corrected chi connectivity index (χ4v) is 5.86. The lowest BCUT2D eigenvalue weighted by Gasteiger charge is -2.36. The molecule has 0 bridgehead atoms. The van der Waals surface area contributed by atoms with E-state index in [0.29, 0.717) is 6.61 Å². The molecule has 2 heterocycles. The zero-order valence-corrected chi connectivity index (χ0v) is 20.9. The quantitative estimate of drug-likeness (QED) is 0.408. The normalized spacial score (nSPS) is 18.4. The molecule has 4 aromatic rings. The van der Waals surface area contributed by atoms with E-state index in [1.54, 1.807) is 0 Å². The lowest BCUT2D eigenvalue weighted by atomic mass is 9.93. The first-order valence-corrected chi connectivity index (χ1v) is 13.3. The Labute approximate surface area is 213 Å². The monoisotopic (exact) mass is 481 g/mol. The van der Waals surface area contributed by atoms with Crippen LogP contribution in [0, 0.1) is 0 Å². The van der Waals surface area contributed by atoms with Gasteiger partial charge in [0.25, 0.3) is 0 Å². The molecule has 1 saturated heterocycles. The van der Waals surface area contributed by atoms with Crippen LogP contribution >= 0.6 is 0 Å². The Balaban J connectivity index is 1.23. The highest BCUT2D eigenvalue weighted by Gasteiger charge is 2.26. The maximum Gasteiger partial charge on any atom is 0.144 e. The van der Waals surface area contributed by atoms with E-state index >= 15 is 0 Å². The van der Waals surface area contributed by atoms with Gasteiger partial charge in [-0.3, -0.25) is 4.90 Å². The average Bonchev–Trinajstić information content (AvgIpc) is 3.25. The van der Waals surface area contributed by atoms with Gasteiger partial charge in [-0.1, -0.05) is 60.7 Å². The van der Waals surface area contributed by atoms with Gasteiger partial charge in [-0.05, 0) is 42.2 Å². The highest BCUT2D eigenvalue weighted by molar-refractivity contribution is 5.91. The van der Waals surface area contributed by atoms with Crippen LogP contribution in [0.1, 0.15) is 23.2 Å². The predicted molar refractivity (Wildman–Crippen MR) is 146 cm³/mol. The number of piperazine rings is 1. The number of para-hydroxylation sites is 2. The molecule has 1 aliphatic heterocycles. The molecule has 1 fully saturated rings. The lowest BCUT2D eigenvalue weighted by Crippen LogP contribution is -2.47. The first kappa shape index (κ1) is 23.1. The summed E-state index contributed by atoms with van der Waals surface area (Å²) in [5.74, 6) is 0.939. The number of anilines is 1. The first-order chi connectivity index (χ1) is 17.8. The summed E-state index contributed by atoms with van der Waals surface area (Å²) in [6, 6.07) is 27.5. The van der Waals surface area contributed by atoms with Crippen LogP contribution in [0.5, 0.6) is 5.75 Å². The van der Waals surface area contributed by atoms with Gasteiger partial charge in [0, 0.05) is 62.5 Å². The van der Waals surface area contributed by atoms with Crippen LogP contribution in [0.15, 0.2) is 78.9 Å². The number of rotatable bonds is 7. The van der Waals surface area contributed by atoms with Crippen LogP contribution in [0.4, 0.5) is 5.69 Å². The molecule has 0 spiro atoms. The van der Waals surface area contributed by atoms with Gasteiger partial charge in [-0.2, -0.15) is 0 Å². The SMILES string of the molecule is OC1CCc2c(c3cccc(OCc4ccccc4)c3n2CCN2CCN(c3ccccc3)CC2)C1. The molecule has 1 N–H and O–H groups in total. The summed E-state index contributed by atoms with van der Waals surface area (Å²) >= 11 is 0. The molecule has 5 heteroatoms. The molecule has 1 aromatic heterocycles. The number of aromatic nitrogens is 1. The molecule has 0 amide bonds. The first-order valence-electron chi connectivity index (χ1n) is 13.3. The second-order valence-corrected chi connectivity index (χ2v) is 10.1. The van der Waals surface area contributed by atoms with Gasteiger partial charge in [0.05, 0.1) is 11.6 Å². The van der Waals surface area contributed by atoms with Crippen molar-refractivity contribution in [1.82, 2.24) is 9.47 Å². The van der Waals surface area contributed by atoms with E-state index in [1.807, 2.05) is 6.07 Å². The van der Waals surface area contributed by atoms with Gasteiger partial charge in [-0.15, -0.1) is 0 Å². The van der Waals surface area contributed by atoms with Crippen LogP contribution in [0.3, 0.4) is 0 Å². The van der Waals surface area contributed by atoms with Crippen molar-refractivity contribution in [3.63, 3.8) is 0 Å². The van der Waals surface area contributed by atoms with Crippen molar-refractivity contribution in [2.24, 2.45) is 0 Å². The maximum absolute atomic E-state index is 10.4. The lowest BCUT2D eigenvalue weighted by molar-refractivity contribution is 0.157. The number of aliphatic hydroxyl groups excluding tert-OH is 1. The number of ether oxygens (including phenoxy) is 1. The predicted octanol–water partition coefficient (Wildman–Crippen LogP) is 4.89. The highest BCUT2D eigenvalue weighted by Crippen LogP contribution is 2.37. The Morgan fingerprint density at radius 3 is 2.33 bits per heavy atom. The Bertz CT molecular complexity index is 1290. The maximum atomic E-state index is 10.4. The largest absolute Gasteiger partial charge is 0.487 e. The molecule has 1 unspecified atom stereocenters. The molecule has 5 nitrogen and oxygen atoms in total. The second kappa shape index (κ2) is 10.4. The van der Waals surface area contributed by atoms with Crippen molar-refractivity contribution in [2.75, 3.05) is 37.6 Å². The standard InChI is InChI=1S/C31H35N3O2/c35-26-14-15-29-28(22-26)27-12-7-13-30(36-23-24-8-3-1-4-9-24)31(27)34(29)21-18-32-16-19-33(20-17-32)25-10-5-2-6-11-25/h1-13,26,35H,14-23H2. The summed E-state index contributed by atoms with van der Waals surface area (Å²) in [4.78, 5) is 5.07. The minimum absolute atomic E-state index is 0.253. The molecule has 6 rings (SSSR count). The second-order valence-electron chi connectivity index (χ2n) is 10.1. The number of hydrogen-bond donors (Lipinski definition) is 1. The molecule has 3 aromatic carbocycles. The topological polar surface area (TPSA) is 40.9 Å². The highest BCUT2D eigenvalue weighted by atomic mass is 16.5. The summed E-state index contributed by atoms with van der Waals surface area (Å²) in [6.07, 6.45) is 2.23. The zero-order valence-electron chi connectivity index (χ0n) is 20.9. The van der Waals surface area contributed by atoms with Crippen LogP contribution in [-0.4, -0.2) is 53.4 Å². The van der Waals surface area contributed by atoms with Crippen LogP contribution < -0.4 is 9.64 Å². The van der Waals surface area contributed by atoms with Gasteiger partial charge >= 0.3 is 0 Å². The fraction of sp³-hybridized carbons (Fsp3) is 0.355. The van der Waals surface area contributed by atoms with Gasteiger partial charge in [0.1, 0.15) is 12.4 Å². The Kier molecular flexibility index (Phi) is 6.67. The van der Waals surface area contributed by atoms with Crippen molar-refractivity contribution in [3.05, 3.63) is 95.7 Å². The Morgan fingerprint density at radius 1 is 0.806 bits per heavy atom. The van der Waals surface area contributed by atoms with E-state index < -0.39 is 0 Å². The van der Waals surface area contributed by atoms with Gasteiger partial charge in [0.15, 0.2) is 0 Å². The summed E-state index contributed by atoms with van der Waals surface area (Å²) < 4.78 is 8.90. The Hall–Kier alpha value is -3.28. The third-order valence-electron chi connectivity index (χ3n) is 7.79. The van der Waals surface area contributed by atoms with E-state index in [2.05, 4.69) is 87.2 Å². The molecule has 36 heavy (non-hydrogen) atoms. The number of nitrogens with zero attached hydrogens (tertiary/aromatic N) is 3. The fourth-order valence-electron chi connectivity index (χ4n) is 5.86. The van der Waals surface area contributed by atoms with Crippen molar-refractivity contribution in [1.29, 1.82) is 0 Å². The van der Waals surface area contributed by atoms with E-state index in [0.717, 1.165) is 64.3 Å². The molecule has 2 aliphatic rings. The number of hydrogen-bond acceptors (Lipinski definition) is 4. The minimum atomic E-state index is -0.253. The third-order valence-corrected chi connectivity index (χ3v) is 7.79. The Morgan fingerprint density at radius 2 is 1.56 bits per heavy atom. The number of benzene rings is 3. The van der Waals surface area contributed by atoms with Crippen molar-refractivity contribution in [2.45, 2.75) is 38.5 Å². The van der Waals surface area contributed by atoms with Crippen LogP contribution in [-0.2, 0) is 26.0 Å². The van der Waals surface area contributed by atoms with Gasteiger partial charge in [-0.25, -0.2) is 0 Å². The summed E-state index contributed by atoms with van der Waals surface area (Å²) in [7, 11) is 0. The van der Waals surface area contributed by atoms with Crippen LogP contribution in [0.25, 0.3) is 10.9 Å². The molecule has 0 saturated carbocycles. The van der Waals surface area contributed by atoms with E-state index in [4.69, 9.17) is 4.74 Å².